The van der Waals surface area contributed by atoms with E-state index in [0.29, 0.717) is 6.42 Å². The molecular weight excluding hydrogens is 254 g/mol. The first-order valence-corrected chi connectivity index (χ1v) is 6.55. The number of amides is 1. The van der Waals surface area contributed by atoms with Crippen molar-refractivity contribution in [2.75, 3.05) is 5.32 Å². The molecule has 3 rings (SSSR count). The van der Waals surface area contributed by atoms with Crippen molar-refractivity contribution < 1.29 is 14.6 Å². The topological polar surface area (TPSA) is 58.6 Å². The number of carbonyl (C=O) groups excluding carboxylic acids is 1. The predicted octanol–water partition coefficient (Wildman–Crippen LogP) is 2.86. The van der Waals surface area contributed by atoms with Gasteiger partial charge in [0.2, 0.25) is 5.91 Å². The molecule has 0 radical (unpaired) electrons. The number of aliphatic hydroxyl groups excluding tert-OH is 1. The van der Waals surface area contributed by atoms with E-state index in [1.54, 1.807) is 0 Å². The first-order valence-electron chi connectivity index (χ1n) is 6.55. The third-order valence-corrected chi connectivity index (χ3v) is 3.31. The average Bonchev–Trinajstić information content (AvgIpc) is 2.48. The lowest BCUT2D eigenvalue weighted by atomic mass is 10.0. The summed E-state index contributed by atoms with van der Waals surface area (Å²) < 4.78 is 5.78. The fraction of sp³-hybridized carbons (Fsp3) is 0.188. The number of carbonyl (C=O) groups is 1. The standard InChI is InChI=1S/C16H15NO3/c18-10-11-1-4-13(5-2-11)20-14-6-7-15-12(9-14)3-8-16(19)17-15/h1-2,4-7,9,18H,3,8,10H2,(H,17,19). The molecule has 2 aromatic carbocycles. The van der Waals surface area contributed by atoms with Crippen molar-refractivity contribution in [2.45, 2.75) is 19.4 Å². The zero-order chi connectivity index (χ0) is 13.9. The summed E-state index contributed by atoms with van der Waals surface area (Å²) in [5, 5.41) is 11.8. The Bertz CT molecular complexity index is 635. The highest BCUT2D eigenvalue weighted by atomic mass is 16.5. The number of ether oxygens (including phenoxy) is 1. The Labute approximate surface area is 117 Å². The number of benzene rings is 2. The molecule has 1 heterocycles. The number of aliphatic hydroxyl groups is 1. The van der Waals surface area contributed by atoms with Gasteiger partial charge in [-0.3, -0.25) is 4.79 Å². The van der Waals surface area contributed by atoms with Crippen molar-refractivity contribution in [3.8, 4) is 11.5 Å². The van der Waals surface area contributed by atoms with Gasteiger partial charge in [0.15, 0.2) is 0 Å². The van der Waals surface area contributed by atoms with Gasteiger partial charge in [0.25, 0.3) is 0 Å². The molecule has 1 amide bonds. The summed E-state index contributed by atoms with van der Waals surface area (Å²) in [6.07, 6.45) is 1.25. The van der Waals surface area contributed by atoms with E-state index >= 15 is 0 Å². The van der Waals surface area contributed by atoms with Crippen LogP contribution in [0.25, 0.3) is 0 Å². The molecule has 102 valence electrons. The molecule has 4 heteroatoms. The summed E-state index contributed by atoms with van der Waals surface area (Å²) >= 11 is 0. The molecule has 0 bridgehead atoms. The maximum atomic E-state index is 11.3. The maximum absolute atomic E-state index is 11.3. The van der Waals surface area contributed by atoms with E-state index in [0.717, 1.165) is 34.7 Å². The number of aryl methyl sites for hydroxylation is 1. The molecule has 0 unspecified atom stereocenters. The van der Waals surface area contributed by atoms with Crippen LogP contribution in [0.5, 0.6) is 11.5 Å². The van der Waals surface area contributed by atoms with Gasteiger partial charge in [-0.15, -0.1) is 0 Å². The van der Waals surface area contributed by atoms with Crippen LogP contribution in [0, 0.1) is 0 Å². The van der Waals surface area contributed by atoms with Crippen molar-refractivity contribution in [3.05, 3.63) is 53.6 Å². The zero-order valence-corrected chi connectivity index (χ0v) is 10.9. The van der Waals surface area contributed by atoms with Crippen molar-refractivity contribution in [1.29, 1.82) is 0 Å². The highest BCUT2D eigenvalue weighted by molar-refractivity contribution is 5.94. The smallest absolute Gasteiger partial charge is 0.224 e. The molecule has 0 aromatic heterocycles. The summed E-state index contributed by atoms with van der Waals surface area (Å²) in [7, 11) is 0. The molecule has 1 aliphatic heterocycles. The summed E-state index contributed by atoms with van der Waals surface area (Å²) in [4.78, 5) is 11.3. The molecule has 4 nitrogen and oxygen atoms in total. The maximum Gasteiger partial charge on any atom is 0.224 e. The van der Waals surface area contributed by atoms with E-state index < -0.39 is 0 Å². The van der Waals surface area contributed by atoms with E-state index in [4.69, 9.17) is 9.84 Å². The van der Waals surface area contributed by atoms with Crippen LogP contribution in [-0.4, -0.2) is 11.0 Å². The second-order valence-electron chi connectivity index (χ2n) is 4.77. The lowest BCUT2D eigenvalue weighted by Gasteiger charge is -2.17. The van der Waals surface area contributed by atoms with Gasteiger partial charge >= 0.3 is 0 Å². The number of anilines is 1. The molecule has 0 aliphatic carbocycles. The van der Waals surface area contributed by atoms with Crippen molar-refractivity contribution >= 4 is 11.6 Å². The third kappa shape index (κ3) is 2.65. The fourth-order valence-corrected chi connectivity index (χ4v) is 2.22. The molecule has 2 N–H and O–H groups in total. The van der Waals surface area contributed by atoms with Crippen LogP contribution in [0.15, 0.2) is 42.5 Å². The van der Waals surface area contributed by atoms with Gasteiger partial charge in [0.1, 0.15) is 11.5 Å². The summed E-state index contributed by atoms with van der Waals surface area (Å²) in [5.74, 6) is 1.53. The zero-order valence-electron chi connectivity index (χ0n) is 10.9. The molecule has 20 heavy (non-hydrogen) atoms. The molecule has 0 saturated heterocycles. The predicted molar refractivity (Wildman–Crippen MR) is 75.8 cm³/mol. The Balaban J connectivity index is 1.79. The van der Waals surface area contributed by atoms with E-state index in [2.05, 4.69) is 5.32 Å². The Morgan fingerprint density at radius 3 is 2.55 bits per heavy atom. The summed E-state index contributed by atoms with van der Waals surface area (Å²) in [6, 6.07) is 13.0. The normalized spacial score (nSPS) is 13.6. The minimum Gasteiger partial charge on any atom is -0.457 e. The highest BCUT2D eigenvalue weighted by Crippen LogP contribution is 2.29. The van der Waals surface area contributed by atoms with Crippen LogP contribution in [-0.2, 0) is 17.8 Å². The van der Waals surface area contributed by atoms with Crippen molar-refractivity contribution in [3.63, 3.8) is 0 Å². The van der Waals surface area contributed by atoms with E-state index in [-0.39, 0.29) is 12.5 Å². The van der Waals surface area contributed by atoms with Gasteiger partial charge < -0.3 is 15.2 Å². The molecule has 0 saturated carbocycles. The van der Waals surface area contributed by atoms with Crippen LogP contribution < -0.4 is 10.1 Å². The van der Waals surface area contributed by atoms with Gasteiger partial charge in [-0.05, 0) is 47.9 Å². The van der Waals surface area contributed by atoms with Crippen LogP contribution in [0.2, 0.25) is 0 Å². The van der Waals surface area contributed by atoms with Crippen molar-refractivity contribution in [1.82, 2.24) is 0 Å². The molecule has 1 aliphatic rings. The lowest BCUT2D eigenvalue weighted by molar-refractivity contribution is -0.116. The molecule has 0 atom stereocenters. The highest BCUT2D eigenvalue weighted by Gasteiger charge is 2.15. The summed E-state index contributed by atoms with van der Waals surface area (Å²) in [6.45, 7) is 0.0266. The monoisotopic (exact) mass is 269 g/mol. The second kappa shape index (κ2) is 5.35. The van der Waals surface area contributed by atoms with E-state index in [1.807, 2.05) is 42.5 Å². The second-order valence-corrected chi connectivity index (χ2v) is 4.77. The number of nitrogens with one attached hydrogen (secondary N) is 1. The average molecular weight is 269 g/mol. The Morgan fingerprint density at radius 1 is 1.05 bits per heavy atom. The summed E-state index contributed by atoms with van der Waals surface area (Å²) in [5.41, 5.74) is 2.81. The van der Waals surface area contributed by atoms with Gasteiger partial charge in [-0.1, -0.05) is 12.1 Å². The van der Waals surface area contributed by atoms with Crippen molar-refractivity contribution in [2.24, 2.45) is 0 Å². The van der Waals surface area contributed by atoms with Gasteiger partial charge in [0, 0.05) is 12.1 Å². The Kier molecular flexibility index (Phi) is 3.39. The van der Waals surface area contributed by atoms with Gasteiger partial charge in [0.05, 0.1) is 6.61 Å². The van der Waals surface area contributed by atoms with Crippen LogP contribution >= 0.6 is 0 Å². The largest absolute Gasteiger partial charge is 0.457 e. The van der Waals surface area contributed by atoms with Crippen LogP contribution in [0.1, 0.15) is 17.5 Å². The van der Waals surface area contributed by atoms with E-state index in [1.165, 1.54) is 0 Å². The number of hydrogen-bond acceptors (Lipinski definition) is 3. The minimum atomic E-state index is 0.0266. The first kappa shape index (κ1) is 12.7. The molecule has 2 aromatic rings. The lowest BCUT2D eigenvalue weighted by Crippen LogP contribution is -2.18. The van der Waals surface area contributed by atoms with Crippen LogP contribution in [0.4, 0.5) is 5.69 Å². The molecular formula is C16H15NO3. The number of hydrogen-bond donors (Lipinski definition) is 2. The Hall–Kier alpha value is -2.33. The van der Waals surface area contributed by atoms with E-state index in [9.17, 15) is 4.79 Å². The Morgan fingerprint density at radius 2 is 1.80 bits per heavy atom. The van der Waals surface area contributed by atoms with Gasteiger partial charge in [-0.2, -0.15) is 0 Å². The quantitative estimate of drug-likeness (QED) is 0.900. The number of fused-ring (bicyclic) bond motifs is 1. The SMILES string of the molecule is O=C1CCc2cc(Oc3ccc(CO)cc3)ccc2N1. The third-order valence-electron chi connectivity index (χ3n) is 3.31. The number of rotatable bonds is 3. The molecule has 0 fully saturated rings. The van der Waals surface area contributed by atoms with Gasteiger partial charge in [-0.25, -0.2) is 0 Å². The molecule has 0 spiro atoms. The van der Waals surface area contributed by atoms with Crippen LogP contribution in [0.3, 0.4) is 0 Å². The minimum absolute atomic E-state index is 0.0266. The first-order chi connectivity index (χ1) is 9.74. The fourth-order valence-electron chi connectivity index (χ4n) is 2.22.